The number of anilines is 1. The zero-order chi connectivity index (χ0) is 29.4. The molecule has 3 aromatic rings. The Kier molecular flexibility index (Phi) is 9.82. The molecule has 41 heavy (non-hydrogen) atoms. The van der Waals surface area contributed by atoms with Crippen LogP contribution in [-0.2, 0) is 32.6 Å². The highest BCUT2D eigenvalue weighted by Gasteiger charge is 2.34. The van der Waals surface area contributed by atoms with Crippen molar-refractivity contribution in [2.45, 2.75) is 32.9 Å². The van der Waals surface area contributed by atoms with Gasteiger partial charge in [0.25, 0.3) is 0 Å². The number of carbonyl (C=O) groups is 2. The smallest absolute Gasteiger partial charge is 0.244 e. The van der Waals surface area contributed by atoms with E-state index in [1.165, 1.54) is 36.1 Å². The molecule has 1 aliphatic heterocycles. The van der Waals surface area contributed by atoms with Crippen LogP contribution in [0.1, 0.15) is 25.0 Å². The van der Waals surface area contributed by atoms with Crippen LogP contribution in [0.2, 0.25) is 0 Å². The molecule has 1 aliphatic rings. The summed E-state index contributed by atoms with van der Waals surface area (Å²) in [5.74, 6) is -1.06. The van der Waals surface area contributed by atoms with E-state index in [1.807, 2.05) is 30.3 Å². The van der Waals surface area contributed by atoms with Crippen molar-refractivity contribution in [1.29, 1.82) is 0 Å². The topological polar surface area (TPSA) is 105 Å². The molecular weight excluding hydrogens is 549 g/mol. The number of hydrogen-bond donors (Lipinski definition) is 1. The number of amides is 2. The van der Waals surface area contributed by atoms with Gasteiger partial charge < -0.3 is 19.7 Å². The predicted octanol–water partition coefficient (Wildman–Crippen LogP) is 3.53. The number of ether oxygens (including phenoxy) is 2. The van der Waals surface area contributed by atoms with Crippen LogP contribution in [0.4, 0.5) is 10.1 Å². The van der Waals surface area contributed by atoms with Gasteiger partial charge in [0.05, 0.1) is 11.4 Å². The van der Waals surface area contributed by atoms with Gasteiger partial charge in [0.1, 0.15) is 31.6 Å². The number of sulfonamides is 1. The van der Waals surface area contributed by atoms with Gasteiger partial charge in [0.2, 0.25) is 21.8 Å². The fourth-order valence-electron chi connectivity index (χ4n) is 4.56. The van der Waals surface area contributed by atoms with E-state index in [1.54, 1.807) is 25.1 Å². The standard InChI is InChI=1S/C30H34FN3O6S/c1-3-32-30(36)26(18-22-10-6-5-7-11-22)33(20-23-12-8-9-13-25(23)31)29(35)21-34(41(37,38)4-2)24-14-15-27-28(19-24)40-17-16-39-27/h5-15,19,26H,3-4,16-18,20-21H2,1-2H3,(H,32,36). The lowest BCUT2D eigenvalue weighted by Gasteiger charge is -2.34. The summed E-state index contributed by atoms with van der Waals surface area (Å²) in [6.07, 6.45) is 0.150. The van der Waals surface area contributed by atoms with Gasteiger partial charge in [0, 0.05) is 31.1 Å². The fraction of sp³-hybridized carbons (Fsp3) is 0.333. The summed E-state index contributed by atoms with van der Waals surface area (Å²) in [5.41, 5.74) is 1.21. The SMILES string of the molecule is CCNC(=O)C(Cc1ccccc1)N(Cc1ccccc1F)C(=O)CN(c1ccc2c(c1)OCCO2)S(=O)(=O)CC. The summed E-state index contributed by atoms with van der Waals surface area (Å²) in [7, 11) is -3.95. The first-order valence-corrected chi connectivity index (χ1v) is 15.1. The summed E-state index contributed by atoms with van der Waals surface area (Å²) in [6, 6.07) is 18.8. The van der Waals surface area contributed by atoms with Crippen LogP contribution in [0.3, 0.4) is 0 Å². The Labute approximate surface area is 239 Å². The van der Waals surface area contributed by atoms with Gasteiger partial charge in [-0.25, -0.2) is 12.8 Å². The maximum Gasteiger partial charge on any atom is 0.244 e. The number of likely N-dealkylation sites (N-methyl/N-ethyl adjacent to an activating group) is 1. The van der Waals surface area contributed by atoms with Crippen molar-refractivity contribution in [2.75, 3.05) is 36.4 Å². The van der Waals surface area contributed by atoms with Crippen molar-refractivity contribution in [1.82, 2.24) is 10.2 Å². The highest BCUT2D eigenvalue weighted by molar-refractivity contribution is 7.92. The van der Waals surface area contributed by atoms with Crippen molar-refractivity contribution in [3.8, 4) is 11.5 Å². The van der Waals surface area contributed by atoms with E-state index in [0.29, 0.717) is 31.3 Å². The summed E-state index contributed by atoms with van der Waals surface area (Å²) in [5, 5.41) is 2.77. The van der Waals surface area contributed by atoms with Crippen molar-refractivity contribution >= 4 is 27.5 Å². The Morgan fingerprint density at radius 1 is 0.951 bits per heavy atom. The number of fused-ring (bicyclic) bond motifs is 1. The minimum absolute atomic E-state index is 0.150. The lowest BCUT2D eigenvalue weighted by atomic mass is 10.0. The lowest BCUT2D eigenvalue weighted by molar-refractivity contribution is -0.140. The maximum atomic E-state index is 14.8. The van der Waals surface area contributed by atoms with Gasteiger partial charge in [-0.1, -0.05) is 48.5 Å². The van der Waals surface area contributed by atoms with E-state index in [0.717, 1.165) is 9.87 Å². The maximum absolute atomic E-state index is 14.8. The molecule has 4 rings (SSSR count). The molecule has 0 fully saturated rings. The van der Waals surface area contributed by atoms with Crippen LogP contribution in [0.15, 0.2) is 72.8 Å². The molecule has 3 aromatic carbocycles. The molecule has 2 amide bonds. The van der Waals surface area contributed by atoms with Gasteiger partial charge in [-0.3, -0.25) is 13.9 Å². The predicted molar refractivity (Wildman–Crippen MR) is 154 cm³/mol. The van der Waals surface area contributed by atoms with E-state index in [-0.39, 0.29) is 30.0 Å². The Morgan fingerprint density at radius 2 is 1.63 bits per heavy atom. The van der Waals surface area contributed by atoms with Crippen LogP contribution in [0, 0.1) is 5.82 Å². The van der Waals surface area contributed by atoms with Crippen LogP contribution < -0.4 is 19.1 Å². The van der Waals surface area contributed by atoms with Crippen LogP contribution in [0.25, 0.3) is 0 Å². The number of benzene rings is 3. The van der Waals surface area contributed by atoms with E-state index < -0.39 is 40.2 Å². The Balaban J connectivity index is 1.74. The molecule has 0 bridgehead atoms. The third-order valence-corrected chi connectivity index (χ3v) is 8.45. The largest absolute Gasteiger partial charge is 0.486 e. The van der Waals surface area contributed by atoms with Gasteiger partial charge in [-0.2, -0.15) is 0 Å². The van der Waals surface area contributed by atoms with Crippen LogP contribution in [0.5, 0.6) is 11.5 Å². The summed E-state index contributed by atoms with van der Waals surface area (Å²) < 4.78 is 53.6. The van der Waals surface area contributed by atoms with Crippen molar-refractivity contribution in [2.24, 2.45) is 0 Å². The molecule has 0 saturated heterocycles. The zero-order valence-electron chi connectivity index (χ0n) is 23.1. The molecule has 0 spiro atoms. The molecule has 11 heteroatoms. The summed E-state index contributed by atoms with van der Waals surface area (Å²) >= 11 is 0. The third kappa shape index (κ3) is 7.35. The molecule has 9 nitrogen and oxygen atoms in total. The summed E-state index contributed by atoms with van der Waals surface area (Å²) in [4.78, 5) is 28.7. The Hall–Kier alpha value is -4.12. The fourth-order valence-corrected chi connectivity index (χ4v) is 5.62. The van der Waals surface area contributed by atoms with E-state index in [9.17, 15) is 22.4 Å². The monoisotopic (exact) mass is 583 g/mol. The van der Waals surface area contributed by atoms with E-state index >= 15 is 0 Å². The average Bonchev–Trinajstić information content (AvgIpc) is 2.98. The Bertz CT molecular complexity index is 1470. The molecule has 0 saturated carbocycles. The molecule has 218 valence electrons. The second-order valence-corrected chi connectivity index (χ2v) is 11.6. The van der Waals surface area contributed by atoms with Crippen LogP contribution in [-0.4, -0.2) is 63.2 Å². The van der Waals surface area contributed by atoms with Gasteiger partial charge in [-0.05, 0) is 37.6 Å². The molecule has 1 heterocycles. The normalized spacial score (nSPS) is 13.2. The average molecular weight is 584 g/mol. The van der Waals surface area contributed by atoms with Crippen molar-refractivity contribution in [3.05, 3.63) is 89.7 Å². The number of nitrogens with zero attached hydrogens (tertiary/aromatic N) is 2. The first kappa shape index (κ1) is 29.9. The zero-order valence-corrected chi connectivity index (χ0v) is 23.9. The quantitative estimate of drug-likeness (QED) is 0.350. The highest BCUT2D eigenvalue weighted by Crippen LogP contribution is 2.35. The first-order chi connectivity index (χ1) is 19.7. The second-order valence-electron chi connectivity index (χ2n) is 9.45. The lowest BCUT2D eigenvalue weighted by Crippen LogP contribution is -2.53. The molecular formula is C30H34FN3O6S. The molecule has 1 atom stereocenters. The number of nitrogens with one attached hydrogen (secondary N) is 1. The van der Waals surface area contributed by atoms with Crippen molar-refractivity contribution in [3.63, 3.8) is 0 Å². The van der Waals surface area contributed by atoms with Gasteiger partial charge in [-0.15, -0.1) is 0 Å². The molecule has 0 radical (unpaired) electrons. The number of rotatable bonds is 12. The van der Waals surface area contributed by atoms with E-state index in [2.05, 4.69) is 5.32 Å². The molecule has 1 N–H and O–H groups in total. The highest BCUT2D eigenvalue weighted by atomic mass is 32.2. The second kappa shape index (κ2) is 13.5. The molecule has 1 unspecified atom stereocenters. The number of hydrogen-bond acceptors (Lipinski definition) is 6. The van der Waals surface area contributed by atoms with Crippen molar-refractivity contribution < 1.29 is 31.9 Å². The van der Waals surface area contributed by atoms with Gasteiger partial charge >= 0.3 is 0 Å². The third-order valence-electron chi connectivity index (χ3n) is 6.71. The first-order valence-electron chi connectivity index (χ1n) is 13.5. The van der Waals surface area contributed by atoms with E-state index in [4.69, 9.17) is 9.47 Å². The molecule has 0 aliphatic carbocycles. The van der Waals surface area contributed by atoms with Crippen LogP contribution >= 0.6 is 0 Å². The van der Waals surface area contributed by atoms with Gasteiger partial charge in [0.15, 0.2) is 11.5 Å². The minimum Gasteiger partial charge on any atom is -0.486 e. The molecule has 0 aromatic heterocycles. The minimum atomic E-state index is -3.95. The summed E-state index contributed by atoms with van der Waals surface area (Å²) in [6.45, 7) is 3.40. The number of carbonyl (C=O) groups excluding carboxylic acids is 2. The Morgan fingerprint density at radius 3 is 2.32 bits per heavy atom. The number of halogens is 1.